The quantitative estimate of drug-likeness (QED) is 0.689. The van der Waals surface area contributed by atoms with Crippen molar-refractivity contribution in [2.75, 3.05) is 12.1 Å². The Hall–Kier alpha value is -3.10. The van der Waals surface area contributed by atoms with Crippen LogP contribution >= 0.6 is 0 Å². The number of ether oxygens (including phenoxy) is 2. The van der Waals surface area contributed by atoms with E-state index in [9.17, 15) is 13.2 Å². The molecule has 0 aliphatic carbocycles. The third kappa shape index (κ3) is 3.51. The molecule has 2 N–H and O–H groups in total. The van der Waals surface area contributed by atoms with Crippen LogP contribution in [0.5, 0.6) is 11.5 Å². The second kappa shape index (κ2) is 7.14. The van der Waals surface area contributed by atoms with Gasteiger partial charge in [0, 0.05) is 29.9 Å². The van der Waals surface area contributed by atoms with E-state index in [0.717, 1.165) is 5.56 Å². The third-order valence-electron chi connectivity index (χ3n) is 4.39. The Bertz CT molecular complexity index is 1170. The molecule has 1 amide bonds. The standard InChI is InChI=1S/C20H18N2O5S/c1-13(23)22-17-6-2-5-16-15(17)4-3-7-20(16)28(24,25)21-11-14-8-9-18-19(10-14)27-12-26-18/h2-10,21H,11-12H2,1H3,(H,22,23). The largest absolute Gasteiger partial charge is 0.454 e. The summed E-state index contributed by atoms with van der Waals surface area (Å²) in [6, 6.07) is 15.4. The molecule has 0 spiro atoms. The lowest BCUT2D eigenvalue weighted by molar-refractivity contribution is -0.114. The minimum Gasteiger partial charge on any atom is -0.454 e. The number of anilines is 1. The Morgan fingerprint density at radius 3 is 2.57 bits per heavy atom. The van der Waals surface area contributed by atoms with Crippen LogP contribution in [0.4, 0.5) is 5.69 Å². The molecule has 3 aromatic rings. The monoisotopic (exact) mass is 398 g/mol. The van der Waals surface area contributed by atoms with E-state index < -0.39 is 10.0 Å². The summed E-state index contributed by atoms with van der Waals surface area (Å²) in [6.45, 7) is 1.68. The summed E-state index contributed by atoms with van der Waals surface area (Å²) >= 11 is 0. The van der Waals surface area contributed by atoms with Gasteiger partial charge in [-0.05, 0) is 29.8 Å². The SMILES string of the molecule is CC(=O)Nc1cccc2c(S(=O)(=O)NCc3ccc4c(c3)OCO4)cccc12. The average Bonchev–Trinajstić information content (AvgIpc) is 3.14. The summed E-state index contributed by atoms with van der Waals surface area (Å²) in [5.74, 6) is 1.02. The molecule has 4 rings (SSSR count). The van der Waals surface area contributed by atoms with E-state index in [1.165, 1.54) is 6.92 Å². The number of amides is 1. The maximum Gasteiger partial charge on any atom is 0.241 e. The third-order valence-corrected chi connectivity index (χ3v) is 5.84. The maximum atomic E-state index is 12.9. The lowest BCUT2D eigenvalue weighted by atomic mass is 10.1. The summed E-state index contributed by atoms with van der Waals surface area (Å²) in [4.78, 5) is 11.6. The van der Waals surface area contributed by atoms with Gasteiger partial charge in [-0.1, -0.05) is 30.3 Å². The van der Waals surface area contributed by atoms with Gasteiger partial charge in [-0.25, -0.2) is 13.1 Å². The summed E-state index contributed by atoms with van der Waals surface area (Å²) in [7, 11) is -3.78. The minimum absolute atomic E-state index is 0.112. The zero-order chi connectivity index (χ0) is 19.7. The average molecular weight is 398 g/mol. The molecule has 0 saturated carbocycles. The number of hydrogen-bond donors (Lipinski definition) is 2. The van der Waals surface area contributed by atoms with Gasteiger partial charge >= 0.3 is 0 Å². The molecule has 144 valence electrons. The number of rotatable bonds is 5. The van der Waals surface area contributed by atoms with Gasteiger partial charge in [-0.2, -0.15) is 0 Å². The van der Waals surface area contributed by atoms with Crippen LogP contribution < -0.4 is 19.5 Å². The molecule has 0 fully saturated rings. The van der Waals surface area contributed by atoms with Crippen molar-refractivity contribution < 1.29 is 22.7 Å². The molecular formula is C20H18N2O5S. The topological polar surface area (TPSA) is 93.7 Å². The van der Waals surface area contributed by atoms with Gasteiger partial charge in [0.1, 0.15) is 0 Å². The van der Waals surface area contributed by atoms with Crippen molar-refractivity contribution in [3.8, 4) is 11.5 Å². The first-order valence-electron chi connectivity index (χ1n) is 8.61. The van der Waals surface area contributed by atoms with Gasteiger partial charge in [0.2, 0.25) is 22.7 Å². The van der Waals surface area contributed by atoms with Gasteiger partial charge < -0.3 is 14.8 Å². The smallest absolute Gasteiger partial charge is 0.241 e. The predicted molar refractivity (Wildman–Crippen MR) is 105 cm³/mol. The van der Waals surface area contributed by atoms with E-state index in [0.29, 0.717) is 28.0 Å². The highest BCUT2D eigenvalue weighted by molar-refractivity contribution is 7.89. The van der Waals surface area contributed by atoms with Crippen molar-refractivity contribution in [3.05, 3.63) is 60.2 Å². The Labute approximate surface area is 162 Å². The van der Waals surface area contributed by atoms with Crippen LogP contribution in [-0.4, -0.2) is 21.1 Å². The van der Waals surface area contributed by atoms with Crippen LogP contribution in [0, 0.1) is 0 Å². The minimum atomic E-state index is -3.78. The number of carbonyl (C=O) groups is 1. The van der Waals surface area contributed by atoms with E-state index >= 15 is 0 Å². The molecule has 0 bridgehead atoms. The second-order valence-electron chi connectivity index (χ2n) is 6.35. The molecule has 0 atom stereocenters. The normalized spacial score (nSPS) is 12.9. The Morgan fingerprint density at radius 2 is 1.75 bits per heavy atom. The zero-order valence-corrected chi connectivity index (χ0v) is 15.9. The highest BCUT2D eigenvalue weighted by Crippen LogP contribution is 2.33. The number of fused-ring (bicyclic) bond motifs is 2. The lowest BCUT2D eigenvalue weighted by Gasteiger charge is -2.12. The van der Waals surface area contributed by atoms with E-state index in [1.54, 1.807) is 54.6 Å². The van der Waals surface area contributed by atoms with Crippen LogP contribution in [0.15, 0.2) is 59.5 Å². The molecule has 0 saturated heterocycles. The molecule has 1 aliphatic rings. The van der Waals surface area contributed by atoms with Crippen molar-refractivity contribution in [2.45, 2.75) is 18.4 Å². The molecule has 1 heterocycles. The highest BCUT2D eigenvalue weighted by Gasteiger charge is 2.19. The number of hydrogen-bond acceptors (Lipinski definition) is 5. The number of sulfonamides is 1. The molecule has 7 nitrogen and oxygen atoms in total. The predicted octanol–water partition coefficient (Wildman–Crippen LogP) is 3.01. The van der Waals surface area contributed by atoms with Gasteiger partial charge in [0.25, 0.3) is 0 Å². The second-order valence-corrected chi connectivity index (χ2v) is 8.09. The van der Waals surface area contributed by atoms with Gasteiger partial charge in [0.05, 0.1) is 4.90 Å². The van der Waals surface area contributed by atoms with E-state index in [4.69, 9.17) is 9.47 Å². The number of carbonyl (C=O) groups excluding carboxylic acids is 1. The van der Waals surface area contributed by atoms with Crippen molar-refractivity contribution in [1.82, 2.24) is 4.72 Å². The van der Waals surface area contributed by atoms with Crippen molar-refractivity contribution in [1.29, 1.82) is 0 Å². The Kier molecular flexibility index (Phi) is 4.66. The maximum absolute atomic E-state index is 12.9. The molecule has 28 heavy (non-hydrogen) atoms. The van der Waals surface area contributed by atoms with Gasteiger partial charge in [0.15, 0.2) is 11.5 Å². The summed E-state index contributed by atoms with van der Waals surface area (Å²) in [5, 5.41) is 3.92. The summed E-state index contributed by atoms with van der Waals surface area (Å²) in [5.41, 5.74) is 1.32. The van der Waals surface area contributed by atoms with Crippen molar-refractivity contribution in [2.24, 2.45) is 0 Å². The molecule has 8 heteroatoms. The van der Waals surface area contributed by atoms with Crippen LogP contribution in [0.1, 0.15) is 12.5 Å². The molecular weight excluding hydrogens is 380 g/mol. The van der Waals surface area contributed by atoms with E-state index in [2.05, 4.69) is 10.0 Å². The fourth-order valence-electron chi connectivity index (χ4n) is 3.12. The lowest BCUT2D eigenvalue weighted by Crippen LogP contribution is -2.23. The Balaban J connectivity index is 1.64. The van der Waals surface area contributed by atoms with Crippen molar-refractivity contribution >= 4 is 32.4 Å². The van der Waals surface area contributed by atoms with Crippen LogP contribution in [0.3, 0.4) is 0 Å². The first-order chi connectivity index (χ1) is 13.4. The highest BCUT2D eigenvalue weighted by atomic mass is 32.2. The fourth-order valence-corrected chi connectivity index (χ4v) is 4.36. The van der Waals surface area contributed by atoms with Crippen LogP contribution in [0.25, 0.3) is 10.8 Å². The molecule has 0 radical (unpaired) electrons. The first-order valence-corrected chi connectivity index (χ1v) is 10.1. The molecule has 3 aromatic carbocycles. The van der Waals surface area contributed by atoms with Crippen LogP contribution in [0.2, 0.25) is 0 Å². The van der Waals surface area contributed by atoms with E-state index in [-0.39, 0.29) is 24.1 Å². The van der Waals surface area contributed by atoms with E-state index in [1.807, 2.05) is 0 Å². The fraction of sp³-hybridized carbons (Fsp3) is 0.150. The summed E-state index contributed by atoms with van der Waals surface area (Å²) in [6.07, 6.45) is 0. The summed E-state index contributed by atoms with van der Waals surface area (Å²) < 4.78 is 39.1. The Morgan fingerprint density at radius 1 is 1.00 bits per heavy atom. The molecule has 1 aliphatic heterocycles. The van der Waals surface area contributed by atoms with Gasteiger partial charge in [-0.15, -0.1) is 0 Å². The molecule has 0 aromatic heterocycles. The van der Waals surface area contributed by atoms with Gasteiger partial charge in [-0.3, -0.25) is 4.79 Å². The first kappa shape index (κ1) is 18.3. The van der Waals surface area contributed by atoms with Crippen molar-refractivity contribution in [3.63, 3.8) is 0 Å². The molecule has 0 unspecified atom stereocenters. The zero-order valence-electron chi connectivity index (χ0n) is 15.1. The van der Waals surface area contributed by atoms with Crippen LogP contribution in [-0.2, 0) is 21.4 Å². The number of benzene rings is 3. The number of nitrogens with one attached hydrogen (secondary N) is 2.